The average molecular weight is 395 g/mol. The van der Waals surface area contributed by atoms with Gasteiger partial charge in [0.1, 0.15) is 11.4 Å². The second kappa shape index (κ2) is 9.54. The lowest BCUT2D eigenvalue weighted by molar-refractivity contribution is 0.0677. The molecule has 29 heavy (non-hydrogen) atoms. The number of rotatable bonds is 6. The fourth-order valence-electron chi connectivity index (χ4n) is 3.76. The molecule has 6 nitrogen and oxygen atoms in total. The van der Waals surface area contributed by atoms with Crippen LogP contribution in [0, 0.1) is 5.92 Å². The standard InChI is InChI=1S/C23H30N4O2/c1-4-26(5-2)19-13-11-18(12-14-19)24-22(28)20-9-6-10-21(25-20)23(29)27-15-7-8-17(3)16-27/h6,9-14,17H,4-5,7-8,15-16H2,1-3H3,(H,24,28). The Hall–Kier alpha value is -2.89. The molecular weight excluding hydrogens is 364 g/mol. The highest BCUT2D eigenvalue weighted by molar-refractivity contribution is 6.04. The van der Waals surface area contributed by atoms with E-state index in [0.717, 1.165) is 44.7 Å². The van der Waals surface area contributed by atoms with E-state index in [9.17, 15) is 9.59 Å². The van der Waals surface area contributed by atoms with Crippen LogP contribution in [0.4, 0.5) is 11.4 Å². The average Bonchev–Trinajstić information content (AvgIpc) is 2.75. The van der Waals surface area contributed by atoms with E-state index in [1.54, 1.807) is 18.2 Å². The Morgan fingerprint density at radius 2 is 1.79 bits per heavy atom. The summed E-state index contributed by atoms with van der Waals surface area (Å²) >= 11 is 0. The zero-order valence-electron chi connectivity index (χ0n) is 17.5. The van der Waals surface area contributed by atoms with Gasteiger partial charge in [-0.3, -0.25) is 9.59 Å². The molecule has 0 spiro atoms. The first kappa shape index (κ1) is 20.8. The maximum absolute atomic E-state index is 12.8. The van der Waals surface area contributed by atoms with Crippen molar-refractivity contribution in [3.63, 3.8) is 0 Å². The molecule has 0 saturated carbocycles. The third-order valence-electron chi connectivity index (χ3n) is 5.40. The first-order valence-corrected chi connectivity index (χ1v) is 10.4. The number of nitrogens with zero attached hydrogens (tertiary/aromatic N) is 3. The van der Waals surface area contributed by atoms with Crippen molar-refractivity contribution in [1.29, 1.82) is 0 Å². The molecule has 1 aliphatic heterocycles. The van der Waals surface area contributed by atoms with Gasteiger partial charge in [0, 0.05) is 37.6 Å². The SMILES string of the molecule is CCN(CC)c1ccc(NC(=O)c2cccc(C(=O)N3CCCC(C)C3)n2)cc1. The molecule has 2 amide bonds. The molecule has 1 saturated heterocycles. The molecule has 1 atom stereocenters. The van der Waals surface area contributed by atoms with E-state index in [4.69, 9.17) is 0 Å². The van der Waals surface area contributed by atoms with Gasteiger partial charge in [-0.1, -0.05) is 13.0 Å². The fourth-order valence-corrected chi connectivity index (χ4v) is 3.76. The summed E-state index contributed by atoms with van der Waals surface area (Å²) in [5, 5.41) is 2.87. The fraction of sp³-hybridized carbons (Fsp3) is 0.435. The molecule has 0 bridgehead atoms. The normalized spacial score (nSPS) is 16.4. The number of carbonyl (C=O) groups is 2. The Morgan fingerprint density at radius 1 is 1.10 bits per heavy atom. The van der Waals surface area contributed by atoms with E-state index >= 15 is 0 Å². The Labute approximate surface area is 172 Å². The van der Waals surface area contributed by atoms with Crippen molar-refractivity contribution in [2.24, 2.45) is 5.92 Å². The van der Waals surface area contributed by atoms with Crippen molar-refractivity contribution < 1.29 is 9.59 Å². The molecule has 2 aromatic rings. The minimum absolute atomic E-state index is 0.102. The number of pyridine rings is 1. The molecule has 1 N–H and O–H groups in total. The third-order valence-corrected chi connectivity index (χ3v) is 5.40. The van der Waals surface area contributed by atoms with Crippen molar-refractivity contribution in [2.45, 2.75) is 33.6 Å². The van der Waals surface area contributed by atoms with E-state index < -0.39 is 0 Å². The Bertz CT molecular complexity index is 846. The third kappa shape index (κ3) is 5.13. The van der Waals surface area contributed by atoms with Crippen molar-refractivity contribution in [3.8, 4) is 0 Å². The molecular formula is C23H30N4O2. The van der Waals surface area contributed by atoms with Crippen molar-refractivity contribution in [2.75, 3.05) is 36.4 Å². The van der Waals surface area contributed by atoms with Crippen LogP contribution in [0.5, 0.6) is 0 Å². The second-order valence-electron chi connectivity index (χ2n) is 7.58. The number of aromatic nitrogens is 1. The highest BCUT2D eigenvalue weighted by Crippen LogP contribution is 2.19. The van der Waals surface area contributed by atoms with Gasteiger partial charge in [-0.05, 0) is 69.0 Å². The van der Waals surface area contributed by atoms with Crippen LogP contribution in [0.2, 0.25) is 0 Å². The predicted octanol–water partition coefficient (Wildman–Crippen LogP) is 4.05. The van der Waals surface area contributed by atoms with Gasteiger partial charge in [0.25, 0.3) is 11.8 Å². The van der Waals surface area contributed by atoms with Crippen LogP contribution in [0.3, 0.4) is 0 Å². The molecule has 1 unspecified atom stereocenters. The van der Waals surface area contributed by atoms with Crippen molar-refractivity contribution >= 4 is 23.2 Å². The summed E-state index contributed by atoms with van der Waals surface area (Å²) in [5.41, 5.74) is 2.39. The Kier molecular flexibility index (Phi) is 6.86. The molecule has 1 fully saturated rings. The van der Waals surface area contributed by atoms with Crippen LogP contribution in [0.1, 0.15) is 54.6 Å². The number of nitrogens with one attached hydrogen (secondary N) is 1. The van der Waals surface area contributed by atoms with E-state index in [0.29, 0.717) is 17.3 Å². The lowest BCUT2D eigenvalue weighted by Gasteiger charge is -2.30. The van der Waals surface area contributed by atoms with Crippen LogP contribution >= 0.6 is 0 Å². The predicted molar refractivity (Wildman–Crippen MR) is 116 cm³/mol. The molecule has 0 radical (unpaired) electrons. The largest absolute Gasteiger partial charge is 0.372 e. The summed E-state index contributed by atoms with van der Waals surface area (Å²) in [7, 11) is 0. The van der Waals surface area contributed by atoms with Gasteiger partial charge in [0.15, 0.2) is 0 Å². The lowest BCUT2D eigenvalue weighted by atomic mass is 10.00. The molecule has 1 aromatic heterocycles. The summed E-state index contributed by atoms with van der Waals surface area (Å²) in [5.74, 6) is 0.0792. The maximum Gasteiger partial charge on any atom is 0.274 e. The monoisotopic (exact) mass is 394 g/mol. The highest BCUT2D eigenvalue weighted by atomic mass is 16.2. The summed E-state index contributed by atoms with van der Waals surface area (Å²) in [4.78, 5) is 33.8. The van der Waals surface area contributed by atoms with Gasteiger partial charge in [0.05, 0.1) is 0 Å². The van der Waals surface area contributed by atoms with Crippen LogP contribution in [0.15, 0.2) is 42.5 Å². The molecule has 1 aromatic carbocycles. The number of piperidine rings is 1. The molecule has 6 heteroatoms. The highest BCUT2D eigenvalue weighted by Gasteiger charge is 2.23. The molecule has 154 valence electrons. The number of benzene rings is 1. The lowest BCUT2D eigenvalue weighted by Crippen LogP contribution is -2.39. The number of anilines is 2. The summed E-state index contributed by atoms with van der Waals surface area (Å²) in [6, 6.07) is 12.8. The Balaban J connectivity index is 1.68. The zero-order valence-corrected chi connectivity index (χ0v) is 17.5. The number of hydrogen-bond acceptors (Lipinski definition) is 4. The van der Waals surface area contributed by atoms with Gasteiger partial charge in [-0.2, -0.15) is 0 Å². The van der Waals surface area contributed by atoms with Gasteiger partial charge < -0.3 is 15.1 Å². The number of carbonyl (C=O) groups excluding carboxylic acids is 2. The second-order valence-corrected chi connectivity index (χ2v) is 7.58. The van der Waals surface area contributed by atoms with E-state index in [2.05, 4.69) is 36.0 Å². The number of amides is 2. The van der Waals surface area contributed by atoms with Crippen LogP contribution < -0.4 is 10.2 Å². The zero-order chi connectivity index (χ0) is 20.8. The van der Waals surface area contributed by atoms with E-state index in [1.807, 2.05) is 29.2 Å². The molecule has 3 rings (SSSR count). The summed E-state index contributed by atoms with van der Waals surface area (Å²) < 4.78 is 0. The van der Waals surface area contributed by atoms with Crippen LogP contribution in [0.25, 0.3) is 0 Å². The Morgan fingerprint density at radius 3 is 2.45 bits per heavy atom. The van der Waals surface area contributed by atoms with Gasteiger partial charge >= 0.3 is 0 Å². The van der Waals surface area contributed by atoms with Gasteiger partial charge in [-0.15, -0.1) is 0 Å². The molecule has 2 heterocycles. The minimum Gasteiger partial charge on any atom is -0.372 e. The van der Waals surface area contributed by atoms with Gasteiger partial charge in [-0.25, -0.2) is 4.98 Å². The number of hydrogen-bond donors (Lipinski definition) is 1. The molecule has 1 aliphatic rings. The minimum atomic E-state index is -0.317. The van der Waals surface area contributed by atoms with E-state index in [-0.39, 0.29) is 17.5 Å². The van der Waals surface area contributed by atoms with E-state index in [1.165, 1.54) is 0 Å². The smallest absolute Gasteiger partial charge is 0.274 e. The van der Waals surface area contributed by atoms with Crippen molar-refractivity contribution in [1.82, 2.24) is 9.88 Å². The topological polar surface area (TPSA) is 65.5 Å². The first-order valence-electron chi connectivity index (χ1n) is 10.4. The van der Waals surface area contributed by atoms with Crippen LogP contribution in [-0.2, 0) is 0 Å². The number of likely N-dealkylation sites (tertiary alicyclic amines) is 1. The van der Waals surface area contributed by atoms with Gasteiger partial charge in [0.2, 0.25) is 0 Å². The maximum atomic E-state index is 12.8. The first-order chi connectivity index (χ1) is 14.0. The quantitative estimate of drug-likeness (QED) is 0.803. The van der Waals surface area contributed by atoms with Crippen molar-refractivity contribution in [3.05, 3.63) is 53.9 Å². The summed E-state index contributed by atoms with van der Waals surface area (Å²) in [6.45, 7) is 9.75. The molecule has 0 aliphatic carbocycles. The summed E-state index contributed by atoms with van der Waals surface area (Å²) in [6.07, 6.45) is 2.16. The van der Waals surface area contributed by atoms with Crippen LogP contribution in [-0.4, -0.2) is 47.9 Å².